The number of hydrogen-bond acceptors (Lipinski definition) is 3. The second-order valence-corrected chi connectivity index (χ2v) is 5.58. The van der Waals surface area contributed by atoms with Gasteiger partial charge in [0.05, 0.1) is 12.3 Å². The van der Waals surface area contributed by atoms with Crippen molar-refractivity contribution < 1.29 is 14.3 Å². The third kappa shape index (κ3) is 3.17. The maximum absolute atomic E-state index is 12.6. The van der Waals surface area contributed by atoms with Crippen LogP contribution in [0.3, 0.4) is 0 Å². The first kappa shape index (κ1) is 13.9. The SMILES string of the molecule is O=C1CCCC(CC(=O)N2CCCOc3ccccc32)N1. The van der Waals surface area contributed by atoms with Gasteiger partial charge in [0.1, 0.15) is 5.75 Å². The molecule has 5 nitrogen and oxygen atoms in total. The van der Waals surface area contributed by atoms with Gasteiger partial charge in [-0.2, -0.15) is 0 Å². The summed E-state index contributed by atoms with van der Waals surface area (Å²) in [5.74, 6) is 0.870. The minimum Gasteiger partial charge on any atom is -0.491 e. The van der Waals surface area contributed by atoms with Gasteiger partial charge in [-0.15, -0.1) is 0 Å². The molecular weight excluding hydrogens is 268 g/mol. The molecule has 2 amide bonds. The number of rotatable bonds is 2. The molecule has 2 aliphatic rings. The number of piperidine rings is 1. The first-order chi connectivity index (χ1) is 10.2. The van der Waals surface area contributed by atoms with Crippen LogP contribution in [0.1, 0.15) is 32.1 Å². The third-order valence-corrected chi connectivity index (χ3v) is 3.98. The second-order valence-electron chi connectivity index (χ2n) is 5.58. The van der Waals surface area contributed by atoms with Crippen molar-refractivity contribution in [3.63, 3.8) is 0 Å². The Bertz CT molecular complexity index is 544. The van der Waals surface area contributed by atoms with Crippen molar-refractivity contribution >= 4 is 17.5 Å². The molecule has 1 fully saturated rings. The minimum absolute atomic E-state index is 0.0323. The Hall–Kier alpha value is -2.04. The summed E-state index contributed by atoms with van der Waals surface area (Å²) >= 11 is 0. The van der Waals surface area contributed by atoms with Crippen molar-refractivity contribution in [1.82, 2.24) is 5.32 Å². The summed E-state index contributed by atoms with van der Waals surface area (Å²) in [7, 11) is 0. The van der Waals surface area contributed by atoms with Crippen LogP contribution >= 0.6 is 0 Å². The monoisotopic (exact) mass is 288 g/mol. The lowest BCUT2D eigenvalue weighted by Crippen LogP contribution is -2.43. The van der Waals surface area contributed by atoms with E-state index in [0.29, 0.717) is 26.0 Å². The van der Waals surface area contributed by atoms with E-state index in [1.54, 1.807) is 4.90 Å². The van der Waals surface area contributed by atoms with Gasteiger partial charge in [0.2, 0.25) is 11.8 Å². The Kier molecular flexibility index (Phi) is 4.08. The van der Waals surface area contributed by atoms with Gasteiger partial charge in [-0.05, 0) is 31.4 Å². The van der Waals surface area contributed by atoms with E-state index in [4.69, 9.17) is 4.74 Å². The van der Waals surface area contributed by atoms with Crippen LogP contribution in [-0.4, -0.2) is 31.0 Å². The number of carbonyl (C=O) groups excluding carboxylic acids is 2. The van der Waals surface area contributed by atoms with Crippen molar-refractivity contribution in [2.45, 2.75) is 38.1 Å². The van der Waals surface area contributed by atoms with Gasteiger partial charge in [0, 0.05) is 25.4 Å². The average molecular weight is 288 g/mol. The van der Waals surface area contributed by atoms with Crippen molar-refractivity contribution in [1.29, 1.82) is 0 Å². The van der Waals surface area contributed by atoms with Crippen molar-refractivity contribution in [3.8, 4) is 5.75 Å². The number of ether oxygens (including phenoxy) is 1. The summed E-state index contributed by atoms with van der Waals surface area (Å²) in [6.07, 6.45) is 3.50. The smallest absolute Gasteiger partial charge is 0.229 e. The molecule has 0 saturated carbocycles. The molecule has 0 aliphatic carbocycles. The van der Waals surface area contributed by atoms with E-state index in [0.717, 1.165) is 30.7 Å². The topological polar surface area (TPSA) is 58.6 Å². The zero-order valence-electron chi connectivity index (χ0n) is 12.0. The quantitative estimate of drug-likeness (QED) is 0.903. The van der Waals surface area contributed by atoms with Gasteiger partial charge in [0.15, 0.2) is 0 Å². The van der Waals surface area contributed by atoms with E-state index in [1.807, 2.05) is 24.3 Å². The standard InChI is InChI=1S/C16H20N2O3/c19-15-8-3-5-12(17-15)11-16(20)18-9-4-10-21-14-7-2-1-6-13(14)18/h1-2,6-7,12H,3-5,8-11H2,(H,17,19). The van der Waals surface area contributed by atoms with Gasteiger partial charge in [-0.1, -0.05) is 12.1 Å². The molecule has 2 aliphatic heterocycles. The predicted octanol–water partition coefficient (Wildman–Crippen LogP) is 1.86. The highest BCUT2D eigenvalue weighted by Crippen LogP contribution is 2.31. The van der Waals surface area contributed by atoms with Gasteiger partial charge in [0.25, 0.3) is 0 Å². The van der Waals surface area contributed by atoms with Gasteiger partial charge in [-0.25, -0.2) is 0 Å². The molecule has 0 spiro atoms. The first-order valence-corrected chi connectivity index (χ1v) is 7.55. The zero-order chi connectivity index (χ0) is 14.7. The van der Waals surface area contributed by atoms with Crippen molar-refractivity contribution in [2.75, 3.05) is 18.1 Å². The fourth-order valence-electron chi connectivity index (χ4n) is 2.94. The summed E-state index contributed by atoms with van der Waals surface area (Å²) < 4.78 is 5.67. The number of amides is 2. The number of nitrogens with zero attached hydrogens (tertiary/aromatic N) is 1. The molecule has 1 atom stereocenters. The average Bonchev–Trinajstić information content (AvgIpc) is 2.69. The van der Waals surface area contributed by atoms with Crippen LogP contribution in [0.15, 0.2) is 24.3 Å². The van der Waals surface area contributed by atoms with Gasteiger partial charge >= 0.3 is 0 Å². The van der Waals surface area contributed by atoms with Crippen LogP contribution in [-0.2, 0) is 9.59 Å². The van der Waals surface area contributed by atoms with E-state index in [2.05, 4.69) is 5.32 Å². The van der Waals surface area contributed by atoms with Crippen LogP contribution in [0.25, 0.3) is 0 Å². The number of hydrogen-bond donors (Lipinski definition) is 1. The molecule has 1 unspecified atom stereocenters. The summed E-state index contributed by atoms with van der Waals surface area (Å²) in [4.78, 5) is 25.8. The van der Waals surface area contributed by atoms with E-state index in [1.165, 1.54) is 0 Å². The number of carbonyl (C=O) groups is 2. The lowest BCUT2D eigenvalue weighted by molar-refractivity contribution is -0.124. The Morgan fingerprint density at radius 2 is 2.19 bits per heavy atom. The molecule has 3 rings (SSSR count). The minimum atomic E-state index is -0.0323. The Labute approximate surface area is 124 Å². The van der Waals surface area contributed by atoms with Gasteiger partial charge < -0.3 is 15.0 Å². The molecule has 1 saturated heterocycles. The molecule has 0 bridgehead atoms. The lowest BCUT2D eigenvalue weighted by Gasteiger charge is -2.27. The maximum Gasteiger partial charge on any atom is 0.229 e. The number of anilines is 1. The molecule has 1 N–H and O–H groups in total. The molecule has 0 radical (unpaired) electrons. The molecule has 21 heavy (non-hydrogen) atoms. The molecule has 0 aromatic heterocycles. The highest BCUT2D eigenvalue weighted by atomic mass is 16.5. The first-order valence-electron chi connectivity index (χ1n) is 7.55. The molecular formula is C16H20N2O3. The van der Waals surface area contributed by atoms with Crippen molar-refractivity contribution in [3.05, 3.63) is 24.3 Å². The van der Waals surface area contributed by atoms with E-state index >= 15 is 0 Å². The predicted molar refractivity (Wildman–Crippen MR) is 79.3 cm³/mol. The molecule has 1 aromatic carbocycles. The summed E-state index contributed by atoms with van der Waals surface area (Å²) in [5, 5.41) is 2.91. The molecule has 5 heteroatoms. The van der Waals surface area contributed by atoms with Crippen LogP contribution in [0.5, 0.6) is 5.75 Å². The van der Waals surface area contributed by atoms with Crippen LogP contribution in [0.2, 0.25) is 0 Å². The lowest BCUT2D eigenvalue weighted by atomic mass is 10.0. The van der Waals surface area contributed by atoms with Crippen LogP contribution in [0.4, 0.5) is 5.69 Å². The number of fused-ring (bicyclic) bond motifs is 1. The largest absolute Gasteiger partial charge is 0.491 e. The summed E-state index contributed by atoms with van der Waals surface area (Å²) in [6.45, 7) is 1.29. The second kappa shape index (κ2) is 6.16. The fraction of sp³-hybridized carbons (Fsp3) is 0.500. The maximum atomic E-state index is 12.6. The number of benzene rings is 1. The van der Waals surface area contributed by atoms with E-state index in [-0.39, 0.29) is 17.9 Å². The van der Waals surface area contributed by atoms with Crippen LogP contribution < -0.4 is 15.0 Å². The van der Waals surface area contributed by atoms with E-state index in [9.17, 15) is 9.59 Å². The summed E-state index contributed by atoms with van der Waals surface area (Å²) in [6, 6.07) is 7.60. The Morgan fingerprint density at radius 1 is 1.33 bits per heavy atom. The van der Waals surface area contributed by atoms with E-state index < -0.39 is 0 Å². The molecule has 112 valence electrons. The van der Waals surface area contributed by atoms with Crippen molar-refractivity contribution in [2.24, 2.45) is 0 Å². The highest BCUT2D eigenvalue weighted by Gasteiger charge is 2.26. The Morgan fingerprint density at radius 3 is 3.05 bits per heavy atom. The fourth-order valence-corrected chi connectivity index (χ4v) is 2.94. The highest BCUT2D eigenvalue weighted by molar-refractivity contribution is 5.95. The Balaban J connectivity index is 1.73. The molecule has 1 aromatic rings. The molecule has 2 heterocycles. The summed E-state index contributed by atoms with van der Waals surface area (Å²) in [5.41, 5.74) is 0.835. The van der Waals surface area contributed by atoms with Crippen LogP contribution in [0, 0.1) is 0 Å². The number of nitrogens with one attached hydrogen (secondary N) is 1. The zero-order valence-corrected chi connectivity index (χ0v) is 12.0. The van der Waals surface area contributed by atoms with Gasteiger partial charge in [-0.3, -0.25) is 9.59 Å². The normalized spacial score (nSPS) is 21.8. The third-order valence-electron chi connectivity index (χ3n) is 3.98. The number of para-hydroxylation sites is 2.